The molecule has 0 amide bonds. The van der Waals surface area contributed by atoms with Gasteiger partial charge in [0, 0.05) is 4.88 Å². The molecule has 1 aromatic rings. The Morgan fingerprint density at radius 1 is 1.67 bits per heavy atom. The van der Waals surface area contributed by atoms with E-state index in [0.717, 1.165) is 9.21 Å². The van der Waals surface area contributed by atoms with Gasteiger partial charge in [0.1, 0.15) is 0 Å². The lowest BCUT2D eigenvalue weighted by Crippen LogP contribution is -1.80. The Morgan fingerprint density at radius 2 is 2.44 bits per heavy atom. The van der Waals surface area contributed by atoms with Crippen LogP contribution in [0.5, 0.6) is 0 Å². The molecule has 0 spiro atoms. The zero-order valence-electron chi connectivity index (χ0n) is 4.54. The summed E-state index contributed by atoms with van der Waals surface area (Å²) in [5.41, 5.74) is 0. The SMILES string of the molecule is N/N=C/c1ccc(Cl)s1. The van der Waals surface area contributed by atoms with E-state index in [1.807, 2.05) is 12.1 Å². The summed E-state index contributed by atoms with van der Waals surface area (Å²) < 4.78 is 0.755. The van der Waals surface area contributed by atoms with Crippen molar-refractivity contribution in [3.63, 3.8) is 0 Å². The van der Waals surface area contributed by atoms with Crippen LogP contribution in [0.2, 0.25) is 4.34 Å². The summed E-state index contributed by atoms with van der Waals surface area (Å²) in [6.07, 6.45) is 1.57. The standard InChI is InChI=1S/C5H5ClN2S/c6-5-2-1-4(9-5)3-8-7/h1-3H,7H2/b8-3+. The minimum Gasteiger partial charge on any atom is -0.323 e. The molecule has 1 rings (SSSR count). The van der Waals surface area contributed by atoms with Gasteiger partial charge < -0.3 is 5.84 Å². The summed E-state index contributed by atoms with van der Waals surface area (Å²) in [5.74, 6) is 4.90. The van der Waals surface area contributed by atoms with Crippen LogP contribution < -0.4 is 5.84 Å². The number of thiophene rings is 1. The lowest BCUT2D eigenvalue weighted by Gasteiger charge is -1.75. The van der Waals surface area contributed by atoms with Crippen LogP contribution >= 0.6 is 22.9 Å². The van der Waals surface area contributed by atoms with Crippen molar-refractivity contribution in [1.82, 2.24) is 0 Å². The molecule has 1 heterocycles. The Labute approximate surface area is 61.9 Å². The maximum atomic E-state index is 5.61. The lowest BCUT2D eigenvalue weighted by molar-refractivity contribution is 1.27. The largest absolute Gasteiger partial charge is 0.323 e. The summed E-state index contributed by atoms with van der Waals surface area (Å²) in [5, 5.41) is 3.35. The number of halogens is 1. The molecule has 0 aliphatic carbocycles. The van der Waals surface area contributed by atoms with E-state index in [4.69, 9.17) is 17.4 Å². The van der Waals surface area contributed by atoms with Crippen LogP contribution in [0.25, 0.3) is 0 Å². The fourth-order valence-corrected chi connectivity index (χ4v) is 1.41. The number of hydrazone groups is 1. The second-order valence-electron chi connectivity index (χ2n) is 1.42. The van der Waals surface area contributed by atoms with Crippen LogP contribution in [0, 0.1) is 0 Å². The highest BCUT2D eigenvalue weighted by atomic mass is 35.5. The smallest absolute Gasteiger partial charge is 0.0935 e. The minimum atomic E-state index is 0.755. The molecule has 0 atom stereocenters. The molecule has 9 heavy (non-hydrogen) atoms. The Bertz CT molecular complexity index is 218. The molecule has 2 N–H and O–H groups in total. The molecule has 0 aromatic carbocycles. The predicted octanol–water partition coefficient (Wildman–Crippen LogP) is 1.69. The summed E-state index contributed by atoms with van der Waals surface area (Å²) in [4.78, 5) is 0.975. The second-order valence-corrected chi connectivity index (χ2v) is 3.17. The van der Waals surface area contributed by atoms with Gasteiger partial charge in [-0.1, -0.05) is 11.6 Å². The fraction of sp³-hybridized carbons (Fsp3) is 0. The highest BCUT2D eigenvalue weighted by molar-refractivity contribution is 7.17. The fourth-order valence-electron chi connectivity index (χ4n) is 0.471. The topological polar surface area (TPSA) is 38.4 Å². The number of nitrogens with two attached hydrogens (primary N) is 1. The van der Waals surface area contributed by atoms with Gasteiger partial charge in [0.25, 0.3) is 0 Å². The highest BCUT2D eigenvalue weighted by Gasteiger charge is 1.91. The van der Waals surface area contributed by atoms with Gasteiger partial charge in [0.15, 0.2) is 0 Å². The average Bonchev–Trinajstić information content (AvgIpc) is 2.17. The first-order valence-corrected chi connectivity index (χ1v) is 3.51. The maximum absolute atomic E-state index is 5.61. The first-order chi connectivity index (χ1) is 4.33. The van der Waals surface area contributed by atoms with Crippen molar-refractivity contribution >= 4 is 29.2 Å². The second kappa shape index (κ2) is 2.85. The van der Waals surface area contributed by atoms with Crippen LogP contribution in [0.15, 0.2) is 17.2 Å². The third-order valence-corrected chi connectivity index (χ3v) is 1.96. The summed E-state index contributed by atoms with van der Waals surface area (Å²) in [6.45, 7) is 0. The maximum Gasteiger partial charge on any atom is 0.0935 e. The van der Waals surface area contributed by atoms with Crippen molar-refractivity contribution < 1.29 is 0 Å². The molecule has 48 valence electrons. The van der Waals surface area contributed by atoms with E-state index in [2.05, 4.69) is 5.10 Å². The number of nitrogens with zero attached hydrogens (tertiary/aromatic N) is 1. The molecule has 1 aromatic heterocycles. The van der Waals surface area contributed by atoms with E-state index >= 15 is 0 Å². The first kappa shape index (κ1) is 6.58. The summed E-state index contributed by atoms with van der Waals surface area (Å²) in [6, 6.07) is 3.67. The molecular weight excluding hydrogens is 156 g/mol. The molecule has 0 saturated carbocycles. The number of hydrogen-bond donors (Lipinski definition) is 1. The quantitative estimate of drug-likeness (QED) is 0.379. The monoisotopic (exact) mass is 160 g/mol. The van der Waals surface area contributed by atoms with Crippen LogP contribution in [0.1, 0.15) is 4.88 Å². The van der Waals surface area contributed by atoms with Crippen LogP contribution in [-0.2, 0) is 0 Å². The first-order valence-electron chi connectivity index (χ1n) is 2.31. The zero-order valence-corrected chi connectivity index (χ0v) is 6.12. The summed E-state index contributed by atoms with van der Waals surface area (Å²) >= 11 is 7.06. The van der Waals surface area contributed by atoms with Gasteiger partial charge >= 0.3 is 0 Å². The van der Waals surface area contributed by atoms with E-state index in [1.54, 1.807) is 6.21 Å². The molecule has 0 fully saturated rings. The van der Waals surface area contributed by atoms with Gasteiger partial charge in [-0.25, -0.2) is 0 Å². The molecule has 0 saturated heterocycles. The van der Waals surface area contributed by atoms with Crippen LogP contribution in [0.4, 0.5) is 0 Å². The predicted molar refractivity (Wildman–Crippen MR) is 41.1 cm³/mol. The van der Waals surface area contributed by atoms with Crippen LogP contribution in [-0.4, -0.2) is 6.21 Å². The van der Waals surface area contributed by atoms with Crippen molar-refractivity contribution in [3.8, 4) is 0 Å². The van der Waals surface area contributed by atoms with E-state index in [0.29, 0.717) is 0 Å². The molecular formula is C5H5ClN2S. The Morgan fingerprint density at radius 3 is 2.89 bits per heavy atom. The van der Waals surface area contributed by atoms with Crippen molar-refractivity contribution in [2.24, 2.45) is 10.9 Å². The average molecular weight is 161 g/mol. The van der Waals surface area contributed by atoms with Crippen LogP contribution in [0.3, 0.4) is 0 Å². The van der Waals surface area contributed by atoms with Gasteiger partial charge in [0.05, 0.1) is 10.6 Å². The summed E-state index contributed by atoms with van der Waals surface area (Å²) in [7, 11) is 0. The van der Waals surface area contributed by atoms with Crippen molar-refractivity contribution in [1.29, 1.82) is 0 Å². The molecule has 0 aliphatic rings. The Hall–Kier alpha value is -0.540. The molecule has 0 bridgehead atoms. The van der Waals surface area contributed by atoms with E-state index < -0.39 is 0 Å². The van der Waals surface area contributed by atoms with E-state index in [-0.39, 0.29) is 0 Å². The van der Waals surface area contributed by atoms with Gasteiger partial charge in [-0.05, 0) is 12.1 Å². The molecule has 2 nitrogen and oxygen atoms in total. The Balaban J connectivity index is 2.85. The minimum absolute atomic E-state index is 0.755. The molecule has 0 unspecified atom stereocenters. The van der Waals surface area contributed by atoms with Gasteiger partial charge in [-0.3, -0.25) is 0 Å². The van der Waals surface area contributed by atoms with Crippen molar-refractivity contribution in [2.75, 3.05) is 0 Å². The number of hydrogen-bond acceptors (Lipinski definition) is 3. The third kappa shape index (κ3) is 1.69. The molecule has 4 heteroatoms. The van der Waals surface area contributed by atoms with Crippen molar-refractivity contribution in [2.45, 2.75) is 0 Å². The van der Waals surface area contributed by atoms with Gasteiger partial charge in [-0.15, -0.1) is 11.3 Å². The molecule has 0 aliphatic heterocycles. The lowest BCUT2D eigenvalue weighted by atomic mass is 10.5. The number of rotatable bonds is 1. The van der Waals surface area contributed by atoms with Crippen molar-refractivity contribution in [3.05, 3.63) is 21.3 Å². The normalized spacial score (nSPS) is 10.8. The zero-order chi connectivity index (χ0) is 6.69. The van der Waals surface area contributed by atoms with E-state index in [9.17, 15) is 0 Å². The van der Waals surface area contributed by atoms with Gasteiger partial charge in [-0.2, -0.15) is 5.10 Å². The molecule has 0 radical (unpaired) electrons. The van der Waals surface area contributed by atoms with E-state index in [1.165, 1.54) is 11.3 Å². The highest BCUT2D eigenvalue weighted by Crippen LogP contribution is 2.19. The van der Waals surface area contributed by atoms with Gasteiger partial charge in [0.2, 0.25) is 0 Å². The Kier molecular flexibility index (Phi) is 2.08. The third-order valence-electron chi connectivity index (χ3n) is 0.796.